The first-order valence-electron chi connectivity index (χ1n) is 9.67. The second kappa shape index (κ2) is 7.70. The van der Waals surface area contributed by atoms with Crippen LogP contribution in [0.25, 0.3) is 21.8 Å². The number of nitrogens with one attached hydrogen (secondary N) is 2. The van der Waals surface area contributed by atoms with Gasteiger partial charge in [0, 0.05) is 30.9 Å². The van der Waals surface area contributed by atoms with Crippen LogP contribution in [0, 0.1) is 12.7 Å². The smallest absolute Gasteiger partial charge is 0.229 e. The van der Waals surface area contributed by atoms with Gasteiger partial charge in [0.05, 0.1) is 40.0 Å². The van der Waals surface area contributed by atoms with Crippen molar-refractivity contribution in [2.24, 2.45) is 0 Å². The predicted molar refractivity (Wildman–Crippen MR) is 126 cm³/mol. The molecule has 0 atom stereocenters. The van der Waals surface area contributed by atoms with Gasteiger partial charge in [0.15, 0.2) is 0 Å². The van der Waals surface area contributed by atoms with E-state index >= 15 is 0 Å². The lowest BCUT2D eigenvalue weighted by Crippen LogP contribution is -2.14. The number of para-hydroxylation sites is 1. The van der Waals surface area contributed by atoms with Crippen LogP contribution in [-0.4, -0.2) is 33.8 Å². The Balaban J connectivity index is 1.92. The molecule has 3 aromatic carbocycles. The summed E-state index contributed by atoms with van der Waals surface area (Å²) in [7, 11) is 0.373. The lowest BCUT2D eigenvalue weighted by atomic mass is 10.0. The second-order valence-electron chi connectivity index (χ2n) is 7.74. The van der Waals surface area contributed by atoms with Crippen LogP contribution in [0.5, 0.6) is 0 Å². The molecule has 0 aliphatic rings. The standard InChI is InChI=1S/C23H23FN4O2S/c1-14-6-5-7-18-22(14)26-20-12-15(24)8-10-17(20)23(18)25-19-11-9-16(27-31(4,29)30)13-21(19)28(2)3/h5-13,27H,1-4H3,(H,25,26). The van der Waals surface area contributed by atoms with E-state index in [1.807, 2.05) is 50.2 Å². The summed E-state index contributed by atoms with van der Waals surface area (Å²) in [6, 6.07) is 15.8. The SMILES string of the molecule is Cc1cccc2c(Nc3ccc(NS(C)(=O)=O)cc3N(C)C)c3ccc(F)cc3nc12. The highest BCUT2D eigenvalue weighted by atomic mass is 32.2. The normalized spacial score (nSPS) is 11.6. The van der Waals surface area contributed by atoms with Crippen LogP contribution in [0.3, 0.4) is 0 Å². The number of aromatic nitrogens is 1. The van der Waals surface area contributed by atoms with E-state index in [2.05, 4.69) is 15.0 Å². The lowest BCUT2D eigenvalue weighted by molar-refractivity contribution is 0.607. The van der Waals surface area contributed by atoms with Crippen LogP contribution in [0.4, 0.5) is 27.1 Å². The third-order valence-corrected chi connectivity index (χ3v) is 5.62. The first-order chi connectivity index (χ1) is 14.6. The maximum atomic E-state index is 13.9. The van der Waals surface area contributed by atoms with E-state index in [1.54, 1.807) is 18.2 Å². The Labute approximate surface area is 180 Å². The van der Waals surface area contributed by atoms with Crippen molar-refractivity contribution >= 4 is 54.6 Å². The molecule has 31 heavy (non-hydrogen) atoms. The Kier molecular flexibility index (Phi) is 5.18. The maximum absolute atomic E-state index is 13.9. The van der Waals surface area contributed by atoms with E-state index in [0.717, 1.165) is 45.2 Å². The summed E-state index contributed by atoms with van der Waals surface area (Å²) >= 11 is 0. The summed E-state index contributed by atoms with van der Waals surface area (Å²) in [4.78, 5) is 6.58. The highest BCUT2D eigenvalue weighted by Gasteiger charge is 2.15. The summed E-state index contributed by atoms with van der Waals surface area (Å²) in [5.41, 5.74) is 5.21. The molecule has 0 aliphatic heterocycles. The van der Waals surface area contributed by atoms with Crippen LogP contribution in [-0.2, 0) is 10.0 Å². The molecule has 0 saturated carbocycles. The number of hydrogen-bond donors (Lipinski definition) is 2. The fourth-order valence-electron chi connectivity index (χ4n) is 3.64. The lowest BCUT2D eigenvalue weighted by Gasteiger charge is -2.21. The minimum absolute atomic E-state index is 0.343. The van der Waals surface area contributed by atoms with Crippen molar-refractivity contribution in [1.29, 1.82) is 0 Å². The van der Waals surface area contributed by atoms with E-state index in [1.165, 1.54) is 12.1 Å². The number of hydrogen-bond acceptors (Lipinski definition) is 5. The molecule has 0 amide bonds. The molecule has 1 heterocycles. The highest BCUT2D eigenvalue weighted by molar-refractivity contribution is 7.92. The van der Waals surface area contributed by atoms with Gasteiger partial charge in [-0.1, -0.05) is 18.2 Å². The third kappa shape index (κ3) is 4.25. The van der Waals surface area contributed by atoms with Gasteiger partial charge in [-0.2, -0.15) is 0 Å². The van der Waals surface area contributed by atoms with Crippen molar-refractivity contribution in [1.82, 2.24) is 4.98 Å². The van der Waals surface area contributed by atoms with Crippen LogP contribution in [0.1, 0.15) is 5.56 Å². The Morgan fingerprint density at radius 3 is 2.48 bits per heavy atom. The van der Waals surface area contributed by atoms with Crippen molar-refractivity contribution in [2.75, 3.05) is 35.3 Å². The summed E-state index contributed by atoms with van der Waals surface area (Å²) in [5.74, 6) is -0.343. The molecule has 2 N–H and O–H groups in total. The number of pyridine rings is 1. The van der Waals surface area contributed by atoms with Crippen LogP contribution >= 0.6 is 0 Å². The summed E-state index contributed by atoms with van der Waals surface area (Å²) in [6.45, 7) is 1.97. The van der Waals surface area contributed by atoms with Gasteiger partial charge in [0.25, 0.3) is 0 Å². The summed E-state index contributed by atoms with van der Waals surface area (Å²) in [5, 5.41) is 5.21. The first kappa shape index (κ1) is 20.9. The van der Waals surface area contributed by atoms with Crippen LogP contribution < -0.4 is 14.9 Å². The monoisotopic (exact) mass is 438 g/mol. The Morgan fingerprint density at radius 2 is 1.77 bits per heavy atom. The zero-order valence-corrected chi connectivity index (χ0v) is 18.5. The van der Waals surface area contributed by atoms with Crippen molar-refractivity contribution in [2.45, 2.75) is 6.92 Å². The van der Waals surface area contributed by atoms with Gasteiger partial charge in [0.1, 0.15) is 5.82 Å². The number of aryl methyl sites for hydroxylation is 1. The molecule has 1 aromatic heterocycles. The van der Waals surface area contributed by atoms with E-state index in [9.17, 15) is 12.8 Å². The van der Waals surface area contributed by atoms with Crippen molar-refractivity contribution < 1.29 is 12.8 Å². The average Bonchev–Trinajstić information content (AvgIpc) is 2.68. The molecule has 0 radical (unpaired) electrons. The molecular weight excluding hydrogens is 415 g/mol. The fourth-order valence-corrected chi connectivity index (χ4v) is 4.19. The van der Waals surface area contributed by atoms with Gasteiger partial charge in [-0.3, -0.25) is 4.72 Å². The molecule has 0 aliphatic carbocycles. The molecule has 0 bridgehead atoms. The van der Waals surface area contributed by atoms with E-state index in [0.29, 0.717) is 11.2 Å². The number of rotatable bonds is 5. The molecule has 160 valence electrons. The minimum atomic E-state index is -3.39. The highest BCUT2D eigenvalue weighted by Crippen LogP contribution is 2.38. The Morgan fingerprint density at radius 1 is 1.00 bits per heavy atom. The molecule has 4 aromatic rings. The topological polar surface area (TPSA) is 74.3 Å². The quantitative estimate of drug-likeness (QED) is 0.428. The molecular formula is C23H23FN4O2S. The van der Waals surface area contributed by atoms with E-state index < -0.39 is 10.0 Å². The Hall–Kier alpha value is -3.39. The van der Waals surface area contributed by atoms with Crippen LogP contribution in [0.15, 0.2) is 54.6 Å². The number of nitrogens with zero attached hydrogens (tertiary/aromatic N) is 2. The van der Waals surface area contributed by atoms with E-state index in [4.69, 9.17) is 0 Å². The van der Waals surface area contributed by atoms with Gasteiger partial charge < -0.3 is 10.2 Å². The molecule has 0 spiro atoms. The third-order valence-electron chi connectivity index (χ3n) is 5.01. The number of fused-ring (bicyclic) bond motifs is 2. The van der Waals surface area contributed by atoms with Gasteiger partial charge in [-0.25, -0.2) is 17.8 Å². The summed E-state index contributed by atoms with van der Waals surface area (Å²) < 4.78 is 39.7. The summed E-state index contributed by atoms with van der Waals surface area (Å²) in [6.07, 6.45) is 1.12. The maximum Gasteiger partial charge on any atom is 0.229 e. The average molecular weight is 439 g/mol. The van der Waals surface area contributed by atoms with Gasteiger partial charge in [0.2, 0.25) is 10.0 Å². The van der Waals surface area contributed by atoms with Crippen molar-refractivity contribution in [3.05, 3.63) is 66.0 Å². The molecule has 0 unspecified atom stereocenters. The molecule has 0 saturated heterocycles. The van der Waals surface area contributed by atoms with Crippen LogP contribution in [0.2, 0.25) is 0 Å². The van der Waals surface area contributed by atoms with Gasteiger partial charge >= 0.3 is 0 Å². The van der Waals surface area contributed by atoms with E-state index in [-0.39, 0.29) is 5.82 Å². The van der Waals surface area contributed by atoms with Crippen molar-refractivity contribution in [3.8, 4) is 0 Å². The second-order valence-corrected chi connectivity index (χ2v) is 9.49. The minimum Gasteiger partial charge on any atom is -0.376 e. The first-order valence-corrected chi connectivity index (χ1v) is 11.6. The zero-order chi connectivity index (χ0) is 22.3. The fraction of sp³-hybridized carbons (Fsp3) is 0.174. The predicted octanol–water partition coefficient (Wildman–Crippen LogP) is 5.02. The zero-order valence-electron chi connectivity index (χ0n) is 17.7. The largest absolute Gasteiger partial charge is 0.376 e. The molecule has 8 heteroatoms. The number of anilines is 4. The molecule has 4 rings (SSSR count). The molecule has 6 nitrogen and oxygen atoms in total. The van der Waals surface area contributed by atoms with Crippen molar-refractivity contribution in [3.63, 3.8) is 0 Å². The number of halogens is 1. The van der Waals surface area contributed by atoms with Gasteiger partial charge in [-0.15, -0.1) is 0 Å². The van der Waals surface area contributed by atoms with Gasteiger partial charge in [-0.05, 0) is 42.8 Å². The number of sulfonamides is 1. The molecule has 0 fully saturated rings. The number of benzene rings is 3. The Bertz CT molecular complexity index is 1420.